The third-order valence-corrected chi connectivity index (χ3v) is 4.92. The number of amides is 2. The fourth-order valence-corrected chi connectivity index (χ4v) is 3.69. The van der Waals surface area contributed by atoms with Gasteiger partial charge in [-0.1, -0.05) is 37.3 Å². The van der Waals surface area contributed by atoms with Gasteiger partial charge in [0.05, 0.1) is 5.56 Å². The van der Waals surface area contributed by atoms with E-state index in [-0.39, 0.29) is 24.5 Å². The van der Waals surface area contributed by atoms with E-state index in [9.17, 15) is 9.59 Å². The number of carbonyl (C=O) groups is 2. The number of fused-ring (bicyclic) bond motifs is 1. The second-order valence-electron chi connectivity index (χ2n) is 6.75. The summed E-state index contributed by atoms with van der Waals surface area (Å²) in [6.07, 6.45) is 0.501. The molecule has 0 aliphatic carbocycles. The fourth-order valence-electron chi connectivity index (χ4n) is 2.96. The van der Waals surface area contributed by atoms with Crippen molar-refractivity contribution in [3.8, 4) is 0 Å². The maximum atomic E-state index is 12.9. The van der Waals surface area contributed by atoms with Gasteiger partial charge in [0, 0.05) is 12.8 Å². The van der Waals surface area contributed by atoms with Gasteiger partial charge in [0.2, 0.25) is 11.0 Å². The zero-order chi connectivity index (χ0) is 19.4. The second-order valence-corrected chi connectivity index (χ2v) is 7.81. The molecule has 8 nitrogen and oxygen atoms in total. The molecular weight excluding hydrogens is 366 g/mol. The van der Waals surface area contributed by atoms with Crippen molar-refractivity contribution in [2.45, 2.75) is 33.0 Å². The number of nitrogens with zero attached hydrogens (tertiary/aromatic N) is 3. The molecule has 2 heterocycles. The van der Waals surface area contributed by atoms with Crippen molar-refractivity contribution < 1.29 is 14.3 Å². The predicted octanol–water partition coefficient (Wildman–Crippen LogP) is 2.56. The molecule has 3 rings (SSSR count). The van der Waals surface area contributed by atoms with E-state index in [1.54, 1.807) is 18.1 Å². The minimum Gasteiger partial charge on any atom is -0.377 e. The van der Waals surface area contributed by atoms with Crippen LogP contribution in [0, 0.1) is 5.92 Å². The molecule has 1 aliphatic heterocycles. The van der Waals surface area contributed by atoms with Crippen molar-refractivity contribution in [3.05, 3.63) is 34.8 Å². The van der Waals surface area contributed by atoms with Crippen molar-refractivity contribution >= 4 is 34.0 Å². The first-order valence-electron chi connectivity index (χ1n) is 8.75. The molecule has 1 aromatic carbocycles. The van der Waals surface area contributed by atoms with E-state index in [4.69, 9.17) is 4.74 Å². The highest BCUT2D eigenvalue weighted by atomic mass is 32.1. The van der Waals surface area contributed by atoms with Gasteiger partial charge < -0.3 is 15.0 Å². The molecule has 2 N–H and O–H groups in total. The van der Waals surface area contributed by atoms with Crippen molar-refractivity contribution in [1.82, 2.24) is 15.1 Å². The molecule has 0 fully saturated rings. The predicted molar refractivity (Wildman–Crippen MR) is 104 cm³/mol. The van der Waals surface area contributed by atoms with Crippen LogP contribution in [0.2, 0.25) is 0 Å². The molecule has 0 radical (unpaired) electrons. The number of aromatic nitrogens is 2. The van der Waals surface area contributed by atoms with Crippen LogP contribution in [0.3, 0.4) is 0 Å². The zero-order valence-electron chi connectivity index (χ0n) is 15.6. The number of methoxy groups -OCH3 is 1. The molecule has 0 bridgehead atoms. The zero-order valence-corrected chi connectivity index (χ0v) is 16.4. The normalized spacial score (nSPS) is 16.2. The summed E-state index contributed by atoms with van der Waals surface area (Å²) in [7, 11) is 1.57. The van der Waals surface area contributed by atoms with Crippen molar-refractivity contribution in [2.24, 2.45) is 5.92 Å². The monoisotopic (exact) mass is 389 g/mol. The van der Waals surface area contributed by atoms with Crippen LogP contribution in [0.5, 0.6) is 0 Å². The summed E-state index contributed by atoms with van der Waals surface area (Å²) < 4.78 is 5.00. The first kappa shape index (κ1) is 19.2. The van der Waals surface area contributed by atoms with Crippen LogP contribution in [0.4, 0.5) is 10.8 Å². The van der Waals surface area contributed by atoms with E-state index in [2.05, 4.69) is 34.7 Å². The molecule has 144 valence electrons. The van der Waals surface area contributed by atoms with Crippen molar-refractivity contribution in [1.29, 1.82) is 0 Å². The Morgan fingerprint density at radius 2 is 2.15 bits per heavy atom. The van der Waals surface area contributed by atoms with Crippen molar-refractivity contribution in [3.63, 3.8) is 0 Å². The Kier molecular flexibility index (Phi) is 6.02. The average molecular weight is 389 g/mol. The Hall–Kier alpha value is -2.52. The lowest BCUT2D eigenvalue weighted by Gasteiger charge is -2.38. The van der Waals surface area contributed by atoms with Crippen LogP contribution in [-0.2, 0) is 16.1 Å². The Labute approximate surface area is 161 Å². The molecular formula is C18H23N5O3S. The summed E-state index contributed by atoms with van der Waals surface area (Å²) in [5, 5.41) is 15.0. The molecule has 27 heavy (non-hydrogen) atoms. The molecule has 1 aromatic heterocycles. The molecule has 1 atom stereocenters. The van der Waals surface area contributed by atoms with Gasteiger partial charge in [0.15, 0.2) is 0 Å². The van der Waals surface area contributed by atoms with E-state index < -0.39 is 0 Å². The number of anilines is 2. The van der Waals surface area contributed by atoms with E-state index in [0.717, 1.165) is 12.1 Å². The summed E-state index contributed by atoms with van der Waals surface area (Å²) in [5.41, 5.74) is 1.38. The number of ether oxygens (including phenoxy) is 1. The number of para-hydroxylation sites is 1. The Morgan fingerprint density at radius 3 is 2.89 bits per heavy atom. The quantitative estimate of drug-likeness (QED) is 0.755. The highest BCUT2D eigenvalue weighted by Gasteiger charge is 2.33. The third kappa shape index (κ3) is 4.61. The van der Waals surface area contributed by atoms with Crippen LogP contribution in [-0.4, -0.2) is 46.7 Å². The number of rotatable bonds is 7. The van der Waals surface area contributed by atoms with Gasteiger partial charge in [-0.2, -0.15) is 0 Å². The van der Waals surface area contributed by atoms with E-state index in [0.29, 0.717) is 28.2 Å². The van der Waals surface area contributed by atoms with Crippen LogP contribution in [0.1, 0.15) is 35.6 Å². The Bertz CT molecular complexity index is 823. The third-order valence-electron chi connectivity index (χ3n) is 4.11. The van der Waals surface area contributed by atoms with Crippen LogP contribution < -0.4 is 10.6 Å². The highest BCUT2D eigenvalue weighted by molar-refractivity contribution is 7.15. The Morgan fingerprint density at radius 1 is 1.37 bits per heavy atom. The summed E-state index contributed by atoms with van der Waals surface area (Å²) in [6.45, 7) is 4.46. The summed E-state index contributed by atoms with van der Waals surface area (Å²) in [6, 6.07) is 7.36. The van der Waals surface area contributed by atoms with Crippen molar-refractivity contribution in [2.75, 3.05) is 24.3 Å². The standard InChI is InChI=1S/C18H23N5O3S/c1-11(2)8-14-19-13-7-5-4-6-12(13)17(25)23(14)9-15(24)20-18-22-21-16(27-18)10-26-3/h4-7,11,14,19H,8-10H2,1-3H3,(H,20,22,24)/t14-/m0/s1. The molecule has 1 aliphatic rings. The summed E-state index contributed by atoms with van der Waals surface area (Å²) in [5.74, 6) is -0.0909. The smallest absolute Gasteiger partial charge is 0.258 e. The lowest BCUT2D eigenvalue weighted by molar-refractivity contribution is -0.117. The maximum Gasteiger partial charge on any atom is 0.258 e. The number of hydrogen-bond donors (Lipinski definition) is 2. The number of hydrogen-bond acceptors (Lipinski definition) is 7. The Balaban J connectivity index is 1.73. The largest absolute Gasteiger partial charge is 0.377 e. The molecule has 0 spiro atoms. The lowest BCUT2D eigenvalue weighted by atomic mass is 10.0. The van der Waals surface area contributed by atoms with Gasteiger partial charge in [0.25, 0.3) is 5.91 Å². The van der Waals surface area contributed by atoms with Gasteiger partial charge in [-0.25, -0.2) is 0 Å². The lowest BCUT2D eigenvalue weighted by Crippen LogP contribution is -2.52. The second kappa shape index (κ2) is 8.45. The minimum absolute atomic E-state index is 0.0588. The first-order valence-corrected chi connectivity index (χ1v) is 9.57. The van der Waals surface area contributed by atoms with Gasteiger partial charge in [-0.05, 0) is 24.5 Å². The molecule has 9 heteroatoms. The van der Waals surface area contributed by atoms with Gasteiger partial charge >= 0.3 is 0 Å². The van der Waals surface area contributed by atoms with E-state index >= 15 is 0 Å². The first-order chi connectivity index (χ1) is 13.0. The van der Waals surface area contributed by atoms with Gasteiger partial charge in [-0.15, -0.1) is 10.2 Å². The van der Waals surface area contributed by atoms with Crippen LogP contribution >= 0.6 is 11.3 Å². The molecule has 2 aromatic rings. The SMILES string of the molecule is COCc1nnc(NC(=O)CN2C(=O)c3ccccc3N[C@@H]2CC(C)C)s1. The highest BCUT2D eigenvalue weighted by Crippen LogP contribution is 2.27. The van der Waals surface area contributed by atoms with Gasteiger partial charge in [0.1, 0.15) is 24.3 Å². The average Bonchev–Trinajstić information content (AvgIpc) is 3.05. The number of carbonyl (C=O) groups excluding carboxylic acids is 2. The number of nitrogens with one attached hydrogen (secondary N) is 2. The van der Waals surface area contributed by atoms with E-state index in [1.807, 2.05) is 18.2 Å². The molecule has 2 amide bonds. The topological polar surface area (TPSA) is 96.5 Å². The van der Waals surface area contributed by atoms with E-state index in [1.165, 1.54) is 11.3 Å². The minimum atomic E-state index is -0.307. The van der Waals surface area contributed by atoms with Crippen LogP contribution in [0.25, 0.3) is 0 Å². The molecule has 0 unspecified atom stereocenters. The van der Waals surface area contributed by atoms with Gasteiger partial charge in [-0.3, -0.25) is 14.9 Å². The maximum absolute atomic E-state index is 12.9. The summed E-state index contributed by atoms with van der Waals surface area (Å²) >= 11 is 1.25. The summed E-state index contributed by atoms with van der Waals surface area (Å²) in [4.78, 5) is 27.0. The fraction of sp³-hybridized carbons (Fsp3) is 0.444. The van der Waals surface area contributed by atoms with Crippen LogP contribution in [0.15, 0.2) is 24.3 Å². The number of benzene rings is 1. The molecule has 0 saturated heterocycles. The molecule has 0 saturated carbocycles.